The van der Waals surface area contributed by atoms with Crippen molar-refractivity contribution in [2.24, 2.45) is 10.9 Å². The molecule has 10 heteroatoms. The first-order valence-electron chi connectivity index (χ1n) is 12.0. The number of esters is 2. The third kappa shape index (κ3) is 5.59. The molecule has 1 fully saturated rings. The minimum Gasteiger partial charge on any atom is -0.468 e. The summed E-state index contributed by atoms with van der Waals surface area (Å²) in [5, 5.41) is 11.5. The van der Waals surface area contributed by atoms with E-state index in [1.54, 1.807) is 26.1 Å². The molecule has 0 aliphatic carbocycles. The van der Waals surface area contributed by atoms with E-state index in [0.717, 1.165) is 12.1 Å². The summed E-state index contributed by atoms with van der Waals surface area (Å²) in [6.45, 7) is 7.22. The van der Waals surface area contributed by atoms with Gasteiger partial charge in [-0.2, -0.15) is 0 Å². The van der Waals surface area contributed by atoms with Gasteiger partial charge in [0.2, 0.25) is 0 Å². The number of non-ortho nitro benzene ring substituents is 1. The number of ether oxygens (including phenoxy) is 2. The lowest BCUT2D eigenvalue weighted by Crippen LogP contribution is -2.40. The van der Waals surface area contributed by atoms with Crippen LogP contribution < -0.4 is 0 Å². The molecule has 2 aliphatic rings. The maximum absolute atomic E-state index is 13.7. The van der Waals surface area contributed by atoms with Gasteiger partial charge in [-0.05, 0) is 38.0 Å². The fourth-order valence-electron chi connectivity index (χ4n) is 5.20. The number of aromatic nitrogens is 1. The number of carbonyl (C=O) groups is 2. The van der Waals surface area contributed by atoms with Gasteiger partial charge in [0, 0.05) is 67.9 Å². The summed E-state index contributed by atoms with van der Waals surface area (Å²) in [6.07, 6.45) is 4.17. The van der Waals surface area contributed by atoms with E-state index in [-0.39, 0.29) is 11.3 Å². The first-order valence-corrected chi connectivity index (χ1v) is 12.0. The predicted molar refractivity (Wildman–Crippen MR) is 136 cm³/mol. The van der Waals surface area contributed by atoms with Crippen LogP contribution in [0.3, 0.4) is 0 Å². The Bertz CT molecular complexity index is 1270. The third-order valence-corrected chi connectivity index (χ3v) is 6.93. The molecule has 10 nitrogen and oxygen atoms in total. The zero-order valence-corrected chi connectivity index (χ0v) is 21.3. The van der Waals surface area contributed by atoms with Crippen molar-refractivity contribution in [3.8, 4) is 0 Å². The maximum atomic E-state index is 13.7. The molecule has 2 aliphatic heterocycles. The van der Waals surface area contributed by atoms with Gasteiger partial charge in [-0.1, -0.05) is 18.2 Å². The van der Waals surface area contributed by atoms with E-state index < -0.39 is 34.3 Å². The number of carbonyl (C=O) groups excluding carboxylic acids is 2. The molecule has 0 spiro atoms. The van der Waals surface area contributed by atoms with Gasteiger partial charge < -0.3 is 9.47 Å². The Morgan fingerprint density at radius 3 is 2.70 bits per heavy atom. The molecule has 1 aromatic heterocycles. The van der Waals surface area contributed by atoms with Crippen LogP contribution in [0.2, 0.25) is 0 Å². The number of hydrogen-bond acceptors (Lipinski definition) is 9. The minimum atomic E-state index is -0.920. The molecular formula is C27H30N4O6. The van der Waals surface area contributed by atoms with Crippen molar-refractivity contribution in [3.05, 3.63) is 81.3 Å². The van der Waals surface area contributed by atoms with Crippen molar-refractivity contribution < 1.29 is 24.0 Å². The molecule has 1 aromatic carbocycles. The Kier molecular flexibility index (Phi) is 7.49. The molecule has 0 bridgehead atoms. The fraction of sp³-hybridized carbons (Fsp3) is 0.407. The first-order chi connectivity index (χ1) is 17.6. The van der Waals surface area contributed by atoms with Gasteiger partial charge in [0.25, 0.3) is 5.69 Å². The first kappa shape index (κ1) is 26.2. The number of nitro groups is 1. The third-order valence-electron chi connectivity index (χ3n) is 6.93. The molecule has 0 radical (unpaired) electrons. The summed E-state index contributed by atoms with van der Waals surface area (Å²) >= 11 is 0. The maximum Gasteiger partial charge on any atom is 0.337 e. The quantitative estimate of drug-likeness (QED) is 0.315. The molecule has 2 aromatic rings. The number of pyridine rings is 1. The Labute approximate surface area is 215 Å². The van der Waals surface area contributed by atoms with Crippen LogP contribution in [-0.4, -0.2) is 58.3 Å². The molecule has 0 saturated carbocycles. The van der Waals surface area contributed by atoms with Crippen molar-refractivity contribution in [2.45, 2.75) is 45.3 Å². The van der Waals surface area contributed by atoms with E-state index in [9.17, 15) is 19.7 Å². The summed E-state index contributed by atoms with van der Waals surface area (Å²) in [6, 6.07) is 9.84. The van der Waals surface area contributed by atoms with E-state index in [0.29, 0.717) is 36.5 Å². The number of hydrogen-bond donors (Lipinski definition) is 0. The Morgan fingerprint density at radius 1 is 1.24 bits per heavy atom. The highest BCUT2D eigenvalue weighted by Crippen LogP contribution is 2.42. The molecule has 37 heavy (non-hydrogen) atoms. The summed E-state index contributed by atoms with van der Waals surface area (Å²) in [4.78, 5) is 48.4. The number of nitro benzene ring substituents is 1. The molecule has 3 unspecified atom stereocenters. The van der Waals surface area contributed by atoms with Crippen LogP contribution in [0.15, 0.2) is 65.1 Å². The molecule has 4 rings (SSSR count). The predicted octanol–water partition coefficient (Wildman–Crippen LogP) is 3.82. The highest BCUT2D eigenvalue weighted by atomic mass is 16.6. The molecule has 0 N–H and O–H groups in total. The zero-order valence-electron chi connectivity index (χ0n) is 21.3. The summed E-state index contributed by atoms with van der Waals surface area (Å²) in [7, 11) is 1.26. The zero-order chi connectivity index (χ0) is 26.7. The van der Waals surface area contributed by atoms with Crippen molar-refractivity contribution in [1.29, 1.82) is 0 Å². The van der Waals surface area contributed by atoms with Crippen molar-refractivity contribution in [1.82, 2.24) is 9.88 Å². The van der Waals surface area contributed by atoms with Crippen LogP contribution >= 0.6 is 0 Å². The molecule has 194 valence electrons. The standard InChI is InChI=1S/C27H30N4O6/c1-17-22(25(32)36-4)24(20-8-5-9-21(13-20)31(34)35)23(18(2)29-17)26(33)37-27(3)10-12-30(16-27)15-19-7-6-11-28-14-19/h5-9,11,13-14,22,24H,10,12,15-16H2,1-4H3. The number of allylic oxidation sites excluding steroid dienone is 1. The van der Waals surface area contributed by atoms with Gasteiger partial charge >= 0.3 is 11.9 Å². The topological polar surface area (TPSA) is 124 Å². The van der Waals surface area contributed by atoms with Crippen LogP contribution in [0.1, 0.15) is 44.2 Å². The van der Waals surface area contributed by atoms with Crippen LogP contribution in [0.4, 0.5) is 5.69 Å². The van der Waals surface area contributed by atoms with Crippen LogP contribution in [0.25, 0.3) is 0 Å². The number of aliphatic imine (C=N–C) groups is 1. The van der Waals surface area contributed by atoms with E-state index in [4.69, 9.17) is 9.47 Å². The average Bonchev–Trinajstić information content (AvgIpc) is 3.23. The number of nitrogens with zero attached hydrogens (tertiary/aromatic N) is 4. The van der Waals surface area contributed by atoms with Gasteiger partial charge in [-0.15, -0.1) is 0 Å². The van der Waals surface area contributed by atoms with E-state index in [2.05, 4.69) is 14.9 Å². The molecule has 1 saturated heterocycles. The monoisotopic (exact) mass is 506 g/mol. The summed E-state index contributed by atoms with van der Waals surface area (Å²) in [5.74, 6) is -2.93. The van der Waals surface area contributed by atoms with E-state index >= 15 is 0 Å². The van der Waals surface area contributed by atoms with Crippen LogP contribution in [0.5, 0.6) is 0 Å². The number of methoxy groups -OCH3 is 1. The lowest BCUT2D eigenvalue weighted by atomic mass is 9.75. The van der Waals surface area contributed by atoms with Crippen LogP contribution in [0, 0.1) is 16.0 Å². The van der Waals surface area contributed by atoms with Gasteiger partial charge in [-0.3, -0.25) is 29.8 Å². The smallest absolute Gasteiger partial charge is 0.337 e. The lowest BCUT2D eigenvalue weighted by Gasteiger charge is -2.33. The summed E-state index contributed by atoms with van der Waals surface area (Å²) in [5.41, 5.74) is 1.70. The molecular weight excluding hydrogens is 476 g/mol. The van der Waals surface area contributed by atoms with Crippen molar-refractivity contribution in [2.75, 3.05) is 20.2 Å². The van der Waals surface area contributed by atoms with Gasteiger partial charge in [0.15, 0.2) is 0 Å². The second-order valence-corrected chi connectivity index (χ2v) is 9.74. The highest BCUT2D eigenvalue weighted by molar-refractivity contribution is 6.07. The van der Waals surface area contributed by atoms with Crippen molar-refractivity contribution in [3.63, 3.8) is 0 Å². The minimum absolute atomic E-state index is 0.138. The second kappa shape index (κ2) is 10.6. The average molecular weight is 507 g/mol. The van der Waals surface area contributed by atoms with E-state index in [1.165, 1.54) is 25.3 Å². The SMILES string of the molecule is COC(=O)C1C(C)=NC(C)=C(C(=O)OC2(C)CCN(Cc3cccnc3)C2)C1c1cccc([N+](=O)[O-])c1. The number of rotatable bonds is 7. The Balaban J connectivity index is 1.64. The number of benzene rings is 1. The highest BCUT2D eigenvalue weighted by Gasteiger charge is 2.45. The van der Waals surface area contributed by atoms with E-state index in [1.807, 2.05) is 25.3 Å². The Morgan fingerprint density at radius 2 is 2.03 bits per heavy atom. The Hall–Kier alpha value is -3.92. The second-order valence-electron chi connectivity index (χ2n) is 9.74. The van der Waals surface area contributed by atoms with Crippen LogP contribution in [-0.2, 0) is 25.6 Å². The fourth-order valence-corrected chi connectivity index (χ4v) is 5.20. The molecule has 0 amide bonds. The van der Waals surface area contributed by atoms with Crippen molar-refractivity contribution >= 4 is 23.3 Å². The number of likely N-dealkylation sites (tertiary alicyclic amines) is 1. The normalized spacial score (nSPS) is 23.9. The van der Waals surface area contributed by atoms with Gasteiger partial charge in [-0.25, -0.2) is 4.79 Å². The molecule has 3 atom stereocenters. The van der Waals surface area contributed by atoms with Gasteiger partial charge in [0.1, 0.15) is 11.5 Å². The molecule has 3 heterocycles. The largest absolute Gasteiger partial charge is 0.468 e. The lowest BCUT2D eigenvalue weighted by molar-refractivity contribution is -0.384. The summed E-state index contributed by atoms with van der Waals surface area (Å²) < 4.78 is 11.1. The van der Waals surface area contributed by atoms with Gasteiger partial charge in [0.05, 0.1) is 17.6 Å².